The maximum atomic E-state index is 12.0. The molecule has 3 rings (SSSR count). The van der Waals surface area contributed by atoms with Crippen LogP contribution >= 0.6 is 35.6 Å². The molecule has 1 amide bonds. The number of benzene rings is 2. The lowest BCUT2D eigenvalue weighted by Gasteiger charge is -2.20. The second-order valence-electron chi connectivity index (χ2n) is 7.10. The lowest BCUT2D eigenvalue weighted by atomic mass is 10.1. The normalized spacial score (nSPS) is 12.6. The van der Waals surface area contributed by atoms with E-state index in [4.69, 9.17) is 21.1 Å². The van der Waals surface area contributed by atoms with Crippen LogP contribution in [-0.2, 0) is 13.0 Å². The second kappa shape index (κ2) is 12.0. The summed E-state index contributed by atoms with van der Waals surface area (Å²) in [5.41, 5.74) is 2.80. The molecule has 1 aliphatic heterocycles. The van der Waals surface area contributed by atoms with E-state index in [9.17, 15) is 4.79 Å². The van der Waals surface area contributed by atoms with Crippen molar-refractivity contribution < 1.29 is 14.3 Å². The number of nitrogens with zero attached hydrogens (tertiary/aromatic N) is 2. The molecule has 2 N–H and O–H groups in total. The molecule has 7 nitrogen and oxygen atoms in total. The zero-order valence-electron chi connectivity index (χ0n) is 17.9. The molecule has 1 aliphatic rings. The van der Waals surface area contributed by atoms with Gasteiger partial charge in [-0.15, -0.1) is 24.0 Å². The number of halogens is 2. The van der Waals surface area contributed by atoms with E-state index in [0.717, 1.165) is 17.5 Å². The molecule has 0 bridgehead atoms. The van der Waals surface area contributed by atoms with Gasteiger partial charge in [-0.3, -0.25) is 9.79 Å². The van der Waals surface area contributed by atoms with E-state index in [0.29, 0.717) is 54.3 Å². The van der Waals surface area contributed by atoms with E-state index >= 15 is 0 Å². The van der Waals surface area contributed by atoms with Gasteiger partial charge in [0.15, 0.2) is 17.5 Å². The largest absolute Gasteiger partial charge is 0.486 e. The summed E-state index contributed by atoms with van der Waals surface area (Å²) < 4.78 is 11.2. The van der Waals surface area contributed by atoms with Crippen LogP contribution in [0.15, 0.2) is 41.4 Å². The van der Waals surface area contributed by atoms with E-state index in [1.165, 1.54) is 0 Å². The number of carbonyl (C=O) groups excluding carboxylic acids is 1. The van der Waals surface area contributed by atoms with Crippen LogP contribution in [0.3, 0.4) is 0 Å². The third kappa shape index (κ3) is 6.90. The predicted octanol–water partition coefficient (Wildman–Crippen LogP) is 3.34. The van der Waals surface area contributed by atoms with Crippen molar-refractivity contribution in [1.29, 1.82) is 0 Å². The average Bonchev–Trinajstić information content (AvgIpc) is 2.76. The van der Waals surface area contributed by atoms with Crippen molar-refractivity contribution in [3.63, 3.8) is 0 Å². The molecule has 168 valence electrons. The Labute approximate surface area is 205 Å². The van der Waals surface area contributed by atoms with Crippen LogP contribution in [0.5, 0.6) is 11.5 Å². The van der Waals surface area contributed by atoms with Gasteiger partial charge in [-0.25, -0.2) is 0 Å². The summed E-state index contributed by atoms with van der Waals surface area (Å²) >= 11 is 6.30. The topological polar surface area (TPSA) is 75.2 Å². The van der Waals surface area contributed by atoms with Crippen molar-refractivity contribution in [2.24, 2.45) is 4.99 Å². The number of hydrogen-bond donors (Lipinski definition) is 2. The summed E-state index contributed by atoms with van der Waals surface area (Å²) in [5.74, 6) is 2.01. The Bertz CT molecular complexity index is 920. The molecular weight excluding hydrogens is 531 g/mol. The number of aliphatic imine (C=N–C) groups is 1. The Morgan fingerprint density at radius 3 is 2.48 bits per heavy atom. The molecule has 0 aliphatic carbocycles. The van der Waals surface area contributed by atoms with Crippen LogP contribution in [0.25, 0.3) is 0 Å². The first-order valence-corrected chi connectivity index (χ1v) is 10.2. The third-order valence-corrected chi connectivity index (χ3v) is 4.93. The molecule has 0 atom stereocenters. The fraction of sp³-hybridized carbons (Fsp3) is 0.364. The highest BCUT2D eigenvalue weighted by Gasteiger charge is 2.16. The lowest BCUT2D eigenvalue weighted by Crippen LogP contribution is -2.37. The van der Waals surface area contributed by atoms with Gasteiger partial charge in [0.1, 0.15) is 13.2 Å². The Kier molecular flexibility index (Phi) is 9.70. The van der Waals surface area contributed by atoms with E-state index < -0.39 is 0 Å². The molecule has 0 fully saturated rings. The fourth-order valence-corrected chi connectivity index (χ4v) is 3.35. The van der Waals surface area contributed by atoms with Crippen molar-refractivity contribution >= 4 is 47.4 Å². The highest BCUT2D eigenvalue weighted by molar-refractivity contribution is 14.0. The number of guanidine groups is 1. The molecule has 0 saturated heterocycles. The number of rotatable bonds is 6. The zero-order valence-corrected chi connectivity index (χ0v) is 21.0. The summed E-state index contributed by atoms with van der Waals surface area (Å²) in [4.78, 5) is 17.8. The number of nitrogens with one attached hydrogen (secondary N) is 2. The van der Waals surface area contributed by atoms with Gasteiger partial charge in [-0.1, -0.05) is 23.7 Å². The first-order valence-electron chi connectivity index (χ1n) is 9.81. The van der Waals surface area contributed by atoms with Crippen LogP contribution < -0.4 is 20.1 Å². The zero-order chi connectivity index (χ0) is 21.5. The van der Waals surface area contributed by atoms with Gasteiger partial charge in [0.2, 0.25) is 0 Å². The summed E-state index contributed by atoms with van der Waals surface area (Å²) in [7, 11) is 5.22. The number of carbonyl (C=O) groups is 1. The predicted molar refractivity (Wildman–Crippen MR) is 134 cm³/mol. The maximum absolute atomic E-state index is 12.0. The van der Waals surface area contributed by atoms with Gasteiger partial charge in [0, 0.05) is 39.8 Å². The summed E-state index contributed by atoms with van der Waals surface area (Å²) in [5, 5.41) is 7.14. The first-order chi connectivity index (χ1) is 14.5. The van der Waals surface area contributed by atoms with Gasteiger partial charge in [-0.05, 0) is 41.8 Å². The van der Waals surface area contributed by atoms with Gasteiger partial charge in [0.05, 0.1) is 5.02 Å². The maximum Gasteiger partial charge on any atom is 0.253 e. The molecule has 0 radical (unpaired) electrons. The minimum Gasteiger partial charge on any atom is -0.486 e. The minimum atomic E-state index is -0.00812. The second-order valence-corrected chi connectivity index (χ2v) is 7.51. The Morgan fingerprint density at radius 1 is 1.10 bits per heavy atom. The van der Waals surface area contributed by atoms with Crippen molar-refractivity contribution in [2.45, 2.75) is 13.0 Å². The molecular formula is C22H28ClIN4O3. The summed E-state index contributed by atoms with van der Waals surface area (Å²) in [6.07, 6.45) is 0.762. The Hall–Kier alpha value is -2.20. The summed E-state index contributed by atoms with van der Waals surface area (Å²) in [6, 6.07) is 11.4. The monoisotopic (exact) mass is 558 g/mol. The first kappa shape index (κ1) is 25.1. The van der Waals surface area contributed by atoms with Crippen LogP contribution in [0.2, 0.25) is 5.02 Å². The fourth-order valence-electron chi connectivity index (χ4n) is 3.06. The van der Waals surface area contributed by atoms with Crippen LogP contribution in [-0.4, -0.2) is 57.7 Å². The molecule has 2 aromatic rings. The lowest BCUT2D eigenvalue weighted by molar-refractivity contribution is 0.0827. The smallest absolute Gasteiger partial charge is 0.253 e. The van der Waals surface area contributed by atoms with E-state index in [1.54, 1.807) is 26.0 Å². The van der Waals surface area contributed by atoms with Crippen molar-refractivity contribution in [1.82, 2.24) is 15.5 Å². The van der Waals surface area contributed by atoms with Crippen molar-refractivity contribution in [3.05, 3.63) is 58.1 Å². The Morgan fingerprint density at radius 2 is 1.81 bits per heavy atom. The number of hydrogen-bond acceptors (Lipinski definition) is 4. The van der Waals surface area contributed by atoms with Crippen molar-refractivity contribution in [2.75, 3.05) is 40.9 Å². The quantitative estimate of drug-likeness (QED) is 0.323. The molecule has 2 aromatic carbocycles. The molecule has 9 heteroatoms. The van der Waals surface area contributed by atoms with Gasteiger partial charge >= 0.3 is 0 Å². The summed E-state index contributed by atoms with van der Waals surface area (Å²) in [6.45, 7) is 2.34. The standard InChI is InChI=1S/C22H27ClN4O3.HI/c1-24-22(26-14-15-4-6-17(7-5-15)21(28)27(2)3)25-9-8-16-12-18(23)20-19(13-16)29-10-11-30-20;/h4-7,12-13H,8-11,14H2,1-3H3,(H2,24,25,26);1H. The third-order valence-electron chi connectivity index (χ3n) is 4.65. The Balaban J connectivity index is 0.00000341. The molecule has 1 heterocycles. The van der Waals surface area contributed by atoms with Crippen LogP contribution in [0.1, 0.15) is 21.5 Å². The molecule has 0 aromatic heterocycles. The molecule has 0 unspecified atom stereocenters. The average molecular weight is 559 g/mol. The van der Waals surface area contributed by atoms with Gasteiger partial charge in [0.25, 0.3) is 5.91 Å². The van der Waals surface area contributed by atoms with Gasteiger partial charge < -0.3 is 25.0 Å². The van der Waals surface area contributed by atoms with E-state index in [1.807, 2.05) is 36.4 Å². The minimum absolute atomic E-state index is 0. The number of ether oxygens (including phenoxy) is 2. The van der Waals surface area contributed by atoms with E-state index in [-0.39, 0.29) is 29.9 Å². The van der Waals surface area contributed by atoms with Crippen LogP contribution in [0.4, 0.5) is 0 Å². The molecule has 0 saturated carbocycles. The van der Waals surface area contributed by atoms with E-state index in [2.05, 4.69) is 15.6 Å². The van der Waals surface area contributed by atoms with Crippen molar-refractivity contribution in [3.8, 4) is 11.5 Å². The number of amides is 1. The molecule has 0 spiro atoms. The molecule has 31 heavy (non-hydrogen) atoms. The van der Waals surface area contributed by atoms with Crippen LogP contribution in [0, 0.1) is 0 Å². The highest BCUT2D eigenvalue weighted by Crippen LogP contribution is 2.38. The van der Waals surface area contributed by atoms with Gasteiger partial charge in [-0.2, -0.15) is 0 Å². The number of fused-ring (bicyclic) bond motifs is 1. The highest BCUT2D eigenvalue weighted by atomic mass is 127. The SMILES string of the molecule is CN=C(NCCc1cc(Cl)c2c(c1)OCCO2)NCc1ccc(C(=O)N(C)C)cc1.I.